The average molecular weight is 440 g/mol. The molecule has 2 heterocycles. The van der Waals surface area contributed by atoms with E-state index in [4.69, 9.17) is 14.0 Å². The van der Waals surface area contributed by atoms with E-state index in [0.29, 0.717) is 24.1 Å². The van der Waals surface area contributed by atoms with Crippen molar-refractivity contribution in [2.45, 2.75) is 25.0 Å². The van der Waals surface area contributed by atoms with Crippen LogP contribution in [0.1, 0.15) is 25.2 Å². The van der Waals surface area contributed by atoms with E-state index in [9.17, 15) is 0 Å². The van der Waals surface area contributed by atoms with E-state index in [-0.39, 0.29) is 0 Å². The summed E-state index contributed by atoms with van der Waals surface area (Å²) in [5.74, 6) is 4.52. The third-order valence-corrected chi connectivity index (χ3v) is 6.08. The molecule has 0 aliphatic carbocycles. The molecule has 0 bridgehead atoms. The zero-order chi connectivity index (χ0) is 21.1. The van der Waals surface area contributed by atoms with Crippen LogP contribution in [0.5, 0.6) is 11.5 Å². The molecule has 1 fully saturated rings. The van der Waals surface area contributed by atoms with Crippen molar-refractivity contribution in [1.29, 1.82) is 0 Å². The average Bonchev–Trinajstić information content (AvgIpc) is 3.30. The summed E-state index contributed by atoms with van der Waals surface area (Å²) < 4.78 is 17.0. The lowest BCUT2D eigenvalue weighted by atomic mass is 10.1. The standard InChI is InChI=1S/C24H29N3O3S/c1-3-7-21(8-4-1)29-17-18-31-19-23-25-24(26-30-23)20-9-11-22(12-10-20)28-16-15-27-13-5-2-6-14-27/h1,3-4,7-12H,2,5-6,13-19H2. The monoisotopic (exact) mass is 439 g/mol. The molecule has 0 saturated carbocycles. The lowest BCUT2D eigenvalue weighted by molar-refractivity contribution is 0.183. The van der Waals surface area contributed by atoms with Gasteiger partial charge in [-0.15, -0.1) is 11.8 Å². The molecule has 0 radical (unpaired) electrons. The molecule has 3 aromatic rings. The predicted octanol–water partition coefficient (Wildman–Crippen LogP) is 4.91. The Morgan fingerprint density at radius 3 is 2.42 bits per heavy atom. The van der Waals surface area contributed by atoms with Crippen molar-refractivity contribution in [3.05, 3.63) is 60.5 Å². The van der Waals surface area contributed by atoms with E-state index in [1.54, 1.807) is 11.8 Å². The topological polar surface area (TPSA) is 60.6 Å². The summed E-state index contributed by atoms with van der Waals surface area (Å²) in [5, 5.41) is 4.11. The fourth-order valence-corrected chi connectivity index (χ4v) is 4.14. The van der Waals surface area contributed by atoms with Gasteiger partial charge in [-0.2, -0.15) is 4.98 Å². The molecule has 7 heteroatoms. The van der Waals surface area contributed by atoms with Crippen LogP contribution in [0.2, 0.25) is 0 Å². The number of nitrogens with zero attached hydrogens (tertiary/aromatic N) is 3. The van der Waals surface area contributed by atoms with Crippen molar-refractivity contribution in [2.24, 2.45) is 0 Å². The van der Waals surface area contributed by atoms with E-state index in [1.807, 2.05) is 54.6 Å². The zero-order valence-corrected chi connectivity index (χ0v) is 18.6. The van der Waals surface area contributed by atoms with Gasteiger partial charge in [0.15, 0.2) is 0 Å². The molecule has 31 heavy (non-hydrogen) atoms. The van der Waals surface area contributed by atoms with Gasteiger partial charge in [0.25, 0.3) is 0 Å². The molecule has 0 amide bonds. The highest BCUT2D eigenvalue weighted by molar-refractivity contribution is 7.98. The molecule has 2 aromatic carbocycles. The van der Waals surface area contributed by atoms with Gasteiger partial charge in [0.1, 0.15) is 18.1 Å². The third kappa shape index (κ3) is 7.01. The minimum atomic E-state index is 0.607. The molecule has 1 aliphatic rings. The lowest BCUT2D eigenvalue weighted by Crippen LogP contribution is -2.33. The van der Waals surface area contributed by atoms with Gasteiger partial charge in [0.2, 0.25) is 11.7 Å². The molecular formula is C24H29N3O3S. The highest BCUT2D eigenvalue weighted by Crippen LogP contribution is 2.21. The predicted molar refractivity (Wildman–Crippen MR) is 124 cm³/mol. The fraction of sp³-hybridized carbons (Fsp3) is 0.417. The largest absolute Gasteiger partial charge is 0.493 e. The number of rotatable bonds is 11. The Bertz CT molecular complexity index is 896. The molecule has 1 aliphatic heterocycles. The van der Waals surface area contributed by atoms with Crippen LogP contribution in [0.25, 0.3) is 11.4 Å². The molecule has 0 unspecified atom stereocenters. The number of hydrogen-bond acceptors (Lipinski definition) is 7. The minimum Gasteiger partial charge on any atom is -0.493 e. The van der Waals surface area contributed by atoms with Crippen molar-refractivity contribution in [1.82, 2.24) is 15.0 Å². The second kappa shape index (κ2) is 11.8. The Balaban J connectivity index is 1.17. The number of aromatic nitrogens is 2. The van der Waals surface area contributed by atoms with E-state index < -0.39 is 0 Å². The van der Waals surface area contributed by atoms with Crippen LogP contribution >= 0.6 is 11.8 Å². The summed E-state index contributed by atoms with van der Waals surface area (Å²) in [6.45, 7) is 4.75. The van der Waals surface area contributed by atoms with E-state index >= 15 is 0 Å². The summed E-state index contributed by atoms with van der Waals surface area (Å²) in [5.41, 5.74) is 0.927. The Morgan fingerprint density at radius 1 is 0.871 bits per heavy atom. The Kier molecular flexibility index (Phi) is 8.24. The van der Waals surface area contributed by atoms with Crippen LogP contribution in [0.3, 0.4) is 0 Å². The van der Waals surface area contributed by atoms with Crippen molar-refractivity contribution >= 4 is 11.8 Å². The highest BCUT2D eigenvalue weighted by Gasteiger charge is 2.11. The molecule has 0 spiro atoms. The first-order chi connectivity index (χ1) is 15.4. The van der Waals surface area contributed by atoms with Crippen LogP contribution in [0.4, 0.5) is 0 Å². The van der Waals surface area contributed by atoms with Gasteiger partial charge < -0.3 is 14.0 Å². The third-order valence-electron chi connectivity index (χ3n) is 5.17. The second-order valence-corrected chi connectivity index (χ2v) is 8.61. The molecule has 0 N–H and O–H groups in total. The fourth-order valence-electron chi connectivity index (χ4n) is 3.50. The first-order valence-electron chi connectivity index (χ1n) is 10.9. The van der Waals surface area contributed by atoms with Crippen LogP contribution in [0.15, 0.2) is 59.1 Å². The quantitative estimate of drug-likeness (QED) is 0.393. The first kappa shape index (κ1) is 21.7. The van der Waals surface area contributed by atoms with Crippen molar-refractivity contribution in [2.75, 3.05) is 38.6 Å². The van der Waals surface area contributed by atoms with E-state index in [1.165, 1.54) is 32.4 Å². The number of benzene rings is 2. The number of para-hydroxylation sites is 1. The number of hydrogen-bond donors (Lipinski definition) is 0. The molecule has 0 atom stereocenters. The normalized spacial score (nSPS) is 14.5. The maximum absolute atomic E-state index is 5.89. The molecule has 6 nitrogen and oxygen atoms in total. The second-order valence-electron chi connectivity index (χ2n) is 7.50. The highest BCUT2D eigenvalue weighted by atomic mass is 32.2. The van der Waals surface area contributed by atoms with Gasteiger partial charge in [-0.25, -0.2) is 0 Å². The molecule has 1 saturated heterocycles. The summed E-state index contributed by atoms with van der Waals surface area (Å²) in [7, 11) is 0. The Labute approximate surface area is 187 Å². The van der Waals surface area contributed by atoms with Crippen LogP contribution < -0.4 is 9.47 Å². The van der Waals surface area contributed by atoms with Gasteiger partial charge in [0.05, 0.1) is 12.4 Å². The SMILES string of the molecule is c1ccc(OCCSCc2nc(-c3ccc(OCCN4CCCCC4)cc3)no2)cc1. The summed E-state index contributed by atoms with van der Waals surface area (Å²) >= 11 is 1.71. The van der Waals surface area contributed by atoms with Crippen molar-refractivity contribution in [3.8, 4) is 22.9 Å². The van der Waals surface area contributed by atoms with Crippen LogP contribution in [0, 0.1) is 0 Å². The zero-order valence-electron chi connectivity index (χ0n) is 17.7. The van der Waals surface area contributed by atoms with Crippen LogP contribution in [-0.2, 0) is 5.75 Å². The number of ether oxygens (including phenoxy) is 2. The maximum atomic E-state index is 5.89. The maximum Gasteiger partial charge on any atom is 0.236 e. The van der Waals surface area contributed by atoms with Crippen molar-refractivity contribution < 1.29 is 14.0 Å². The molecular weight excluding hydrogens is 410 g/mol. The van der Waals surface area contributed by atoms with Gasteiger partial charge in [-0.05, 0) is 62.3 Å². The Morgan fingerprint density at radius 2 is 1.61 bits per heavy atom. The summed E-state index contributed by atoms with van der Waals surface area (Å²) in [6, 6.07) is 17.7. The summed E-state index contributed by atoms with van der Waals surface area (Å²) in [4.78, 5) is 6.98. The lowest BCUT2D eigenvalue weighted by Gasteiger charge is -2.26. The number of likely N-dealkylation sites (tertiary alicyclic amines) is 1. The van der Waals surface area contributed by atoms with Gasteiger partial charge >= 0.3 is 0 Å². The van der Waals surface area contributed by atoms with Crippen LogP contribution in [-0.4, -0.2) is 53.6 Å². The molecule has 4 rings (SSSR count). The van der Waals surface area contributed by atoms with Gasteiger partial charge in [-0.1, -0.05) is 29.8 Å². The van der Waals surface area contributed by atoms with Crippen molar-refractivity contribution in [3.63, 3.8) is 0 Å². The number of piperidine rings is 1. The van der Waals surface area contributed by atoms with E-state index in [0.717, 1.165) is 36.0 Å². The minimum absolute atomic E-state index is 0.607. The first-order valence-corrected chi connectivity index (χ1v) is 12.1. The Hall–Kier alpha value is -2.51. The van der Waals surface area contributed by atoms with Gasteiger partial charge in [-0.3, -0.25) is 4.90 Å². The number of thioether (sulfide) groups is 1. The summed E-state index contributed by atoms with van der Waals surface area (Å²) in [6.07, 6.45) is 3.97. The molecule has 1 aromatic heterocycles. The molecule has 164 valence electrons. The smallest absolute Gasteiger partial charge is 0.236 e. The van der Waals surface area contributed by atoms with Gasteiger partial charge in [0, 0.05) is 17.9 Å². The van der Waals surface area contributed by atoms with E-state index in [2.05, 4.69) is 15.0 Å².